The molecule has 0 aromatic rings. The molecule has 0 radical (unpaired) electrons. The molecular formula is C33H61NO6. The summed E-state index contributed by atoms with van der Waals surface area (Å²) in [7, 11) is 0. The summed E-state index contributed by atoms with van der Waals surface area (Å²) in [6, 6.07) is -3.32. The fraction of sp³-hybridized carbons (Fsp3) is 0.848. The molecule has 0 bridgehead atoms. The summed E-state index contributed by atoms with van der Waals surface area (Å²) >= 11 is 0. The first-order chi connectivity index (χ1) is 19.2. The molecular weight excluding hydrogens is 506 g/mol. The van der Waals surface area contributed by atoms with Crippen LogP contribution in [-0.2, 0) is 14.4 Å². The summed E-state index contributed by atoms with van der Waals surface area (Å²) in [4.78, 5) is 37.5. The topological polar surface area (TPSA) is 115 Å². The maximum absolute atomic E-state index is 12.5. The van der Waals surface area contributed by atoms with E-state index in [-0.39, 0.29) is 25.8 Å². The molecule has 0 aromatic heterocycles. The Labute approximate surface area is 245 Å². The van der Waals surface area contributed by atoms with Crippen molar-refractivity contribution in [2.75, 3.05) is 6.54 Å². The molecule has 40 heavy (non-hydrogen) atoms. The number of hydrogen-bond donors (Lipinski definition) is 2. The number of quaternary nitrogens is 1. The van der Waals surface area contributed by atoms with E-state index in [1.165, 1.54) is 64.2 Å². The largest absolute Gasteiger partial charge is 0.544 e. The van der Waals surface area contributed by atoms with Crippen LogP contribution in [0.5, 0.6) is 0 Å². The number of rotatable bonds is 29. The number of hydrogen-bond acceptors (Lipinski definition) is 4. The fourth-order valence-electron chi connectivity index (χ4n) is 6.43. The Kier molecular flexibility index (Phi) is 22.7. The van der Waals surface area contributed by atoms with E-state index in [0.717, 1.165) is 25.7 Å². The first-order valence-electron chi connectivity index (χ1n) is 16.4. The summed E-state index contributed by atoms with van der Waals surface area (Å²) in [5.74, 6) is -3.56. The van der Waals surface area contributed by atoms with Crippen LogP contribution >= 0.6 is 0 Å². The Hall–Kier alpha value is -1.89. The van der Waals surface area contributed by atoms with Crippen molar-refractivity contribution in [2.24, 2.45) is 0 Å². The highest BCUT2D eigenvalue weighted by molar-refractivity contribution is 5.77. The lowest BCUT2D eigenvalue weighted by Gasteiger charge is -2.52. The number of aliphatic carboxylic acids is 3. The van der Waals surface area contributed by atoms with E-state index in [1.54, 1.807) is 0 Å². The van der Waals surface area contributed by atoms with E-state index in [4.69, 9.17) is 0 Å². The zero-order valence-electron chi connectivity index (χ0n) is 26.0. The third kappa shape index (κ3) is 14.1. The number of carbonyl (C=O) groups is 3. The molecule has 0 saturated carbocycles. The van der Waals surface area contributed by atoms with E-state index >= 15 is 0 Å². The highest BCUT2D eigenvalue weighted by Gasteiger charge is 2.54. The first kappa shape index (κ1) is 38.1. The van der Waals surface area contributed by atoms with Gasteiger partial charge in [-0.2, -0.15) is 0 Å². The molecule has 0 heterocycles. The smallest absolute Gasteiger partial charge is 0.362 e. The second kappa shape index (κ2) is 23.8. The number of nitrogens with zero attached hydrogens (tertiary/aromatic N) is 1. The van der Waals surface area contributed by atoms with Crippen molar-refractivity contribution in [3.05, 3.63) is 12.7 Å². The average Bonchev–Trinajstić information content (AvgIpc) is 2.91. The van der Waals surface area contributed by atoms with Gasteiger partial charge >= 0.3 is 11.9 Å². The summed E-state index contributed by atoms with van der Waals surface area (Å²) in [6.45, 7) is 9.57. The Balaban J connectivity index is 5.05. The van der Waals surface area contributed by atoms with Crippen molar-refractivity contribution >= 4 is 17.9 Å². The molecule has 0 saturated heterocycles. The summed E-state index contributed by atoms with van der Waals surface area (Å²) in [6.07, 6.45) is 21.7. The number of carboxylic acids is 3. The molecule has 0 fully saturated rings. The number of allylic oxidation sites excluding steroid dienone is 1. The molecule has 0 aliphatic rings. The molecule has 0 spiro atoms. The van der Waals surface area contributed by atoms with E-state index in [1.807, 2.05) is 26.8 Å². The van der Waals surface area contributed by atoms with Gasteiger partial charge in [-0.25, -0.2) is 9.59 Å². The molecule has 7 heteroatoms. The highest BCUT2D eigenvalue weighted by Crippen LogP contribution is 2.34. The second-order valence-corrected chi connectivity index (χ2v) is 11.7. The molecule has 0 amide bonds. The lowest BCUT2D eigenvalue weighted by atomic mass is 9.91. The first-order valence-corrected chi connectivity index (χ1v) is 16.4. The second-order valence-electron chi connectivity index (χ2n) is 11.7. The van der Waals surface area contributed by atoms with Crippen molar-refractivity contribution in [3.63, 3.8) is 0 Å². The van der Waals surface area contributed by atoms with Gasteiger partial charge in [-0.3, -0.25) is 4.48 Å². The average molecular weight is 568 g/mol. The third-order valence-corrected chi connectivity index (χ3v) is 8.47. The van der Waals surface area contributed by atoms with Gasteiger partial charge < -0.3 is 20.1 Å². The molecule has 3 atom stereocenters. The minimum absolute atomic E-state index is 0.207. The van der Waals surface area contributed by atoms with Crippen LogP contribution in [0.4, 0.5) is 0 Å². The minimum atomic E-state index is -1.33. The molecule has 0 aromatic carbocycles. The summed E-state index contributed by atoms with van der Waals surface area (Å²) in [5.41, 5.74) is 0. The Morgan fingerprint density at radius 3 is 1.25 bits per heavy atom. The molecule has 234 valence electrons. The van der Waals surface area contributed by atoms with Gasteiger partial charge in [-0.1, -0.05) is 104 Å². The number of carbonyl (C=O) groups excluding carboxylic acids is 1. The van der Waals surface area contributed by atoms with Crippen LogP contribution in [0.2, 0.25) is 0 Å². The Bertz CT molecular complexity index is 635. The van der Waals surface area contributed by atoms with E-state index in [9.17, 15) is 29.7 Å². The highest BCUT2D eigenvalue weighted by atomic mass is 16.4. The monoisotopic (exact) mass is 567 g/mol. The lowest BCUT2D eigenvalue weighted by molar-refractivity contribution is -0.975. The number of unbranched alkanes of at least 4 members (excludes halogenated alkanes) is 14. The fourth-order valence-corrected chi connectivity index (χ4v) is 6.43. The lowest BCUT2D eigenvalue weighted by Crippen LogP contribution is -2.74. The van der Waals surface area contributed by atoms with Crippen LogP contribution in [0.15, 0.2) is 12.7 Å². The zero-order chi connectivity index (χ0) is 30.2. The summed E-state index contributed by atoms with van der Waals surface area (Å²) in [5, 5.41) is 32.9. The summed E-state index contributed by atoms with van der Waals surface area (Å²) < 4.78 is -0.434. The molecule has 0 aliphatic heterocycles. The van der Waals surface area contributed by atoms with Gasteiger partial charge in [0.1, 0.15) is 6.04 Å². The van der Waals surface area contributed by atoms with Crippen LogP contribution in [0.1, 0.15) is 156 Å². The van der Waals surface area contributed by atoms with Gasteiger partial charge in [0.2, 0.25) is 0 Å². The standard InChI is InChI=1S/C33H61NO6/c1-5-9-10-11-12-13-14-15-16-17-18-19-20-21-22-23-27-34(28(24-6-2)31(35)36,29(25-7-3)32(37)38)30(26-8-4)33(39)40/h5,28-30H,1,6-27H2,2-4H3,(H2-,35,36,37,38,39,40). The quantitative estimate of drug-likeness (QED) is 0.0558. The van der Waals surface area contributed by atoms with Crippen LogP contribution in [0.3, 0.4) is 0 Å². The predicted molar refractivity (Wildman–Crippen MR) is 161 cm³/mol. The van der Waals surface area contributed by atoms with Crippen molar-refractivity contribution in [3.8, 4) is 0 Å². The Morgan fingerprint density at radius 1 is 0.625 bits per heavy atom. The Morgan fingerprint density at radius 2 is 0.950 bits per heavy atom. The SMILES string of the molecule is C=CCCCCCCCCCCCCCCCC[N+](C(CCC)C(=O)[O-])(C(CCC)C(=O)O)C(CCC)C(=O)O. The van der Waals surface area contributed by atoms with Crippen molar-refractivity contribution in [2.45, 2.75) is 174 Å². The van der Waals surface area contributed by atoms with Crippen LogP contribution in [0.25, 0.3) is 0 Å². The van der Waals surface area contributed by atoms with Gasteiger partial charge in [0.25, 0.3) is 0 Å². The maximum atomic E-state index is 12.5. The van der Waals surface area contributed by atoms with E-state index < -0.39 is 40.5 Å². The molecule has 2 N–H and O–H groups in total. The normalized spacial score (nSPS) is 15.2. The van der Waals surface area contributed by atoms with Gasteiger partial charge in [-0.05, 0) is 38.5 Å². The molecule has 0 rings (SSSR count). The number of carboxylic acid groups (broad SMARTS) is 3. The van der Waals surface area contributed by atoms with Gasteiger partial charge in [0, 0.05) is 19.3 Å². The third-order valence-electron chi connectivity index (χ3n) is 8.47. The van der Waals surface area contributed by atoms with Gasteiger partial charge in [-0.15, -0.1) is 6.58 Å². The van der Waals surface area contributed by atoms with Crippen LogP contribution in [0, 0.1) is 0 Å². The molecule has 0 aliphatic carbocycles. The zero-order valence-corrected chi connectivity index (χ0v) is 26.0. The van der Waals surface area contributed by atoms with Crippen LogP contribution in [-0.4, -0.2) is 57.3 Å². The molecule has 7 nitrogen and oxygen atoms in total. The van der Waals surface area contributed by atoms with E-state index in [2.05, 4.69) is 6.58 Å². The van der Waals surface area contributed by atoms with Gasteiger partial charge in [0.15, 0.2) is 12.1 Å². The van der Waals surface area contributed by atoms with Crippen molar-refractivity contribution in [1.29, 1.82) is 0 Å². The van der Waals surface area contributed by atoms with Crippen LogP contribution < -0.4 is 5.11 Å². The van der Waals surface area contributed by atoms with Gasteiger partial charge in [0.05, 0.1) is 12.5 Å². The molecule has 3 unspecified atom stereocenters. The maximum Gasteiger partial charge on any atom is 0.362 e. The van der Waals surface area contributed by atoms with Crippen molar-refractivity contribution < 1.29 is 34.2 Å². The van der Waals surface area contributed by atoms with Crippen molar-refractivity contribution in [1.82, 2.24) is 0 Å². The predicted octanol–water partition coefficient (Wildman–Crippen LogP) is 7.27. The minimum Gasteiger partial charge on any atom is -0.544 e. The van der Waals surface area contributed by atoms with E-state index in [0.29, 0.717) is 25.7 Å².